The molecule has 0 saturated heterocycles. The number of benzene rings is 2. The van der Waals surface area contributed by atoms with Crippen LogP contribution in [0.5, 0.6) is 0 Å². The van der Waals surface area contributed by atoms with Gasteiger partial charge in [-0.1, -0.05) is 26.0 Å². The molecule has 4 aromatic rings. The fraction of sp³-hybridized carbons (Fsp3) is 0.217. The summed E-state index contributed by atoms with van der Waals surface area (Å²) in [5, 5.41) is 2.93. The third kappa shape index (κ3) is 3.49. The fourth-order valence-electron chi connectivity index (χ4n) is 3.72. The van der Waals surface area contributed by atoms with E-state index in [-0.39, 0.29) is 11.6 Å². The van der Waals surface area contributed by atoms with Gasteiger partial charge in [-0.2, -0.15) is 0 Å². The van der Waals surface area contributed by atoms with Gasteiger partial charge in [-0.15, -0.1) is 0 Å². The first-order valence-electron chi connectivity index (χ1n) is 9.66. The van der Waals surface area contributed by atoms with E-state index in [9.17, 15) is 9.59 Å². The van der Waals surface area contributed by atoms with Crippen LogP contribution in [-0.2, 0) is 0 Å². The number of nitrogens with one attached hydrogen (secondary N) is 3. The lowest BCUT2D eigenvalue weighted by Crippen LogP contribution is -2.13. The molecule has 29 heavy (non-hydrogen) atoms. The van der Waals surface area contributed by atoms with Crippen molar-refractivity contribution in [2.45, 2.75) is 33.6 Å². The Kier molecular flexibility index (Phi) is 4.62. The standard InChI is InChI=1S/C23H24N4O2/c1-13(2)16-6-5-7-18(11-16)27-14(3)10-19(15(27)4)22(28)24-17-8-9-20-21(12-17)26-23(29)25-20/h5-13H,1-4H3,(H,24,28)(H2,25,26,29). The molecular weight excluding hydrogens is 364 g/mol. The monoisotopic (exact) mass is 388 g/mol. The van der Waals surface area contributed by atoms with Gasteiger partial charge in [0.1, 0.15) is 0 Å². The van der Waals surface area contributed by atoms with Crippen LogP contribution in [0.3, 0.4) is 0 Å². The molecule has 0 fully saturated rings. The van der Waals surface area contributed by atoms with E-state index >= 15 is 0 Å². The van der Waals surface area contributed by atoms with E-state index in [4.69, 9.17) is 0 Å². The number of hydrogen-bond donors (Lipinski definition) is 3. The van der Waals surface area contributed by atoms with E-state index in [1.807, 2.05) is 19.9 Å². The molecule has 0 aliphatic carbocycles. The topological polar surface area (TPSA) is 82.7 Å². The molecule has 0 radical (unpaired) electrons. The van der Waals surface area contributed by atoms with Gasteiger partial charge < -0.3 is 19.9 Å². The first-order chi connectivity index (χ1) is 13.8. The molecule has 4 rings (SSSR count). The quantitative estimate of drug-likeness (QED) is 0.476. The van der Waals surface area contributed by atoms with E-state index in [0.29, 0.717) is 28.2 Å². The predicted molar refractivity (Wildman–Crippen MR) is 116 cm³/mol. The molecule has 0 aliphatic rings. The molecule has 0 saturated carbocycles. The molecule has 0 atom stereocenters. The summed E-state index contributed by atoms with van der Waals surface area (Å²) in [7, 11) is 0. The van der Waals surface area contributed by atoms with Crippen molar-refractivity contribution in [2.24, 2.45) is 0 Å². The zero-order chi connectivity index (χ0) is 20.7. The number of aromatic nitrogens is 3. The Labute approximate surface area is 168 Å². The van der Waals surface area contributed by atoms with Gasteiger partial charge >= 0.3 is 5.69 Å². The minimum absolute atomic E-state index is 0.179. The van der Waals surface area contributed by atoms with Crippen molar-refractivity contribution >= 4 is 22.6 Å². The maximum atomic E-state index is 12.9. The summed E-state index contributed by atoms with van der Waals surface area (Å²) < 4.78 is 2.10. The lowest BCUT2D eigenvalue weighted by atomic mass is 10.0. The number of rotatable bonds is 4. The van der Waals surface area contributed by atoms with Gasteiger partial charge in [-0.3, -0.25) is 4.79 Å². The predicted octanol–water partition coefficient (Wildman–Crippen LogP) is 4.64. The van der Waals surface area contributed by atoms with E-state index < -0.39 is 0 Å². The Morgan fingerprint density at radius 2 is 1.76 bits per heavy atom. The van der Waals surface area contributed by atoms with Crippen LogP contribution < -0.4 is 11.0 Å². The first-order valence-corrected chi connectivity index (χ1v) is 9.66. The Balaban J connectivity index is 1.66. The molecule has 2 heterocycles. The Bertz CT molecular complexity index is 1270. The summed E-state index contributed by atoms with van der Waals surface area (Å²) in [6.07, 6.45) is 0. The molecule has 0 bridgehead atoms. The molecule has 3 N–H and O–H groups in total. The highest BCUT2D eigenvalue weighted by Gasteiger charge is 2.17. The number of nitrogens with zero attached hydrogens (tertiary/aromatic N) is 1. The van der Waals surface area contributed by atoms with Crippen LogP contribution >= 0.6 is 0 Å². The maximum Gasteiger partial charge on any atom is 0.323 e. The molecule has 1 amide bonds. The number of aryl methyl sites for hydroxylation is 1. The molecule has 0 aliphatic heterocycles. The highest BCUT2D eigenvalue weighted by molar-refractivity contribution is 6.06. The van der Waals surface area contributed by atoms with Crippen molar-refractivity contribution in [3.63, 3.8) is 0 Å². The Morgan fingerprint density at radius 3 is 2.52 bits per heavy atom. The molecular formula is C23H24N4O2. The lowest BCUT2D eigenvalue weighted by molar-refractivity contribution is 0.102. The van der Waals surface area contributed by atoms with Gasteiger partial charge in [0.05, 0.1) is 16.6 Å². The van der Waals surface area contributed by atoms with Crippen molar-refractivity contribution in [3.8, 4) is 5.69 Å². The zero-order valence-corrected chi connectivity index (χ0v) is 17.0. The van der Waals surface area contributed by atoms with Crippen molar-refractivity contribution in [1.82, 2.24) is 14.5 Å². The van der Waals surface area contributed by atoms with Gasteiger partial charge in [0.25, 0.3) is 5.91 Å². The summed E-state index contributed by atoms with van der Waals surface area (Å²) >= 11 is 0. The van der Waals surface area contributed by atoms with Gasteiger partial charge in [-0.25, -0.2) is 4.79 Å². The average molecular weight is 388 g/mol. The summed E-state index contributed by atoms with van der Waals surface area (Å²) in [5.74, 6) is 0.255. The highest BCUT2D eigenvalue weighted by Crippen LogP contribution is 2.25. The SMILES string of the molecule is Cc1cc(C(=O)Nc2ccc3[nH]c(=O)[nH]c3c2)c(C)n1-c1cccc(C(C)C)c1. The molecule has 0 unspecified atom stereocenters. The van der Waals surface area contributed by atoms with E-state index in [2.05, 4.69) is 58.0 Å². The number of carbonyl (C=O) groups excluding carboxylic acids is 1. The zero-order valence-electron chi connectivity index (χ0n) is 17.0. The third-order valence-electron chi connectivity index (χ3n) is 5.24. The molecule has 0 spiro atoms. The average Bonchev–Trinajstić information content (AvgIpc) is 3.19. The van der Waals surface area contributed by atoms with Crippen LogP contribution in [0, 0.1) is 13.8 Å². The maximum absolute atomic E-state index is 12.9. The van der Waals surface area contributed by atoms with Gasteiger partial charge in [0, 0.05) is 22.8 Å². The lowest BCUT2D eigenvalue weighted by Gasteiger charge is -2.13. The molecule has 148 valence electrons. The molecule has 6 nitrogen and oxygen atoms in total. The molecule has 2 aromatic carbocycles. The van der Waals surface area contributed by atoms with Gasteiger partial charge in [0.15, 0.2) is 0 Å². The summed E-state index contributed by atoms with van der Waals surface area (Å²) in [4.78, 5) is 29.8. The van der Waals surface area contributed by atoms with E-state index in [0.717, 1.165) is 17.1 Å². The second-order valence-electron chi connectivity index (χ2n) is 7.66. The third-order valence-corrected chi connectivity index (χ3v) is 5.24. The second-order valence-corrected chi connectivity index (χ2v) is 7.66. The van der Waals surface area contributed by atoms with Gasteiger partial charge in [0.2, 0.25) is 0 Å². The number of imidazole rings is 1. The van der Waals surface area contributed by atoms with Crippen molar-refractivity contribution in [3.05, 3.63) is 81.5 Å². The summed E-state index contributed by atoms with van der Waals surface area (Å²) in [6.45, 7) is 8.29. The van der Waals surface area contributed by atoms with Crippen LogP contribution in [0.4, 0.5) is 5.69 Å². The van der Waals surface area contributed by atoms with Crippen molar-refractivity contribution in [1.29, 1.82) is 0 Å². The second kappa shape index (κ2) is 7.13. The summed E-state index contributed by atoms with van der Waals surface area (Å²) in [5.41, 5.74) is 6.54. The minimum Gasteiger partial charge on any atom is -0.322 e. The van der Waals surface area contributed by atoms with Crippen LogP contribution in [0.25, 0.3) is 16.7 Å². The Morgan fingerprint density at radius 1 is 1.00 bits per heavy atom. The summed E-state index contributed by atoms with van der Waals surface area (Å²) in [6, 6.07) is 15.6. The number of aromatic amines is 2. The van der Waals surface area contributed by atoms with E-state index in [1.54, 1.807) is 18.2 Å². The van der Waals surface area contributed by atoms with Crippen molar-refractivity contribution in [2.75, 3.05) is 5.32 Å². The van der Waals surface area contributed by atoms with Crippen molar-refractivity contribution < 1.29 is 4.79 Å². The van der Waals surface area contributed by atoms with Gasteiger partial charge in [-0.05, 0) is 61.7 Å². The Hall–Kier alpha value is -3.54. The number of hydrogen-bond acceptors (Lipinski definition) is 2. The fourth-order valence-corrected chi connectivity index (χ4v) is 3.72. The van der Waals surface area contributed by atoms with E-state index in [1.165, 1.54) is 5.56 Å². The number of H-pyrrole nitrogens is 2. The largest absolute Gasteiger partial charge is 0.323 e. The number of fused-ring (bicyclic) bond motifs is 1. The number of carbonyl (C=O) groups is 1. The van der Waals surface area contributed by atoms with Crippen LogP contribution in [0.1, 0.15) is 47.1 Å². The smallest absolute Gasteiger partial charge is 0.322 e. The molecule has 6 heteroatoms. The number of amides is 1. The van der Waals surface area contributed by atoms with Crippen LogP contribution in [0.2, 0.25) is 0 Å². The number of anilines is 1. The van der Waals surface area contributed by atoms with Crippen LogP contribution in [0.15, 0.2) is 53.3 Å². The first kappa shape index (κ1) is 18.8. The highest BCUT2D eigenvalue weighted by atomic mass is 16.2. The minimum atomic E-state index is -0.268. The van der Waals surface area contributed by atoms with Crippen LogP contribution in [-0.4, -0.2) is 20.4 Å². The normalized spacial score (nSPS) is 11.3. The molecule has 2 aromatic heterocycles.